The van der Waals surface area contributed by atoms with Crippen LogP contribution < -0.4 is 0 Å². The normalized spacial score (nSPS) is 11.8. The molecule has 0 aliphatic heterocycles. The van der Waals surface area contributed by atoms with Gasteiger partial charge in [-0.15, -0.1) is 5.10 Å². The minimum absolute atomic E-state index is 0.0792. The molecule has 0 aliphatic rings. The minimum Gasteiger partial charge on any atom is -0.334 e. The minimum atomic E-state index is -3.42. The highest BCUT2D eigenvalue weighted by Gasteiger charge is 2.17. The fourth-order valence-electron chi connectivity index (χ4n) is 3.74. The fraction of sp³-hybridized carbons (Fsp3) is 0.200. The number of aryl methyl sites for hydroxylation is 2. The molecule has 0 unspecified atom stereocenters. The van der Waals surface area contributed by atoms with Gasteiger partial charge in [-0.1, -0.05) is 47.1 Å². The Hall–Kier alpha value is -3.85. The maximum absolute atomic E-state index is 12.7. The molecule has 0 amide bonds. The Bertz CT molecular complexity index is 1550. The van der Waals surface area contributed by atoms with E-state index in [1.54, 1.807) is 48.5 Å². The van der Waals surface area contributed by atoms with E-state index < -0.39 is 9.84 Å². The maximum Gasteiger partial charge on any atom is 0.258 e. The zero-order valence-corrected chi connectivity index (χ0v) is 19.7. The highest BCUT2D eigenvalue weighted by atomic mass is 32.2. The van der Waals surface area contributed by atoms with Crippen LogP contribution in [-0.2, 0) is 22.1 Å². The summed E-state index contributed by atoms with van der Waals surface area (Å²) in [6.07, 6.45) is 0.977. The monoisotopic (exact) mass is 473 g/mol. The molecule has 8 nitrogen and oxygen atoms in total. The van der Waals surface area contributed by atoms with E-state index in [1.807, 2.05) is 29.8 Å². The first-order valence-electron chi connectivity index (χ1n) is 11.0. The molecule has 0 aliphatic carbocycles. The molecule has 0 atom stereocenters. The molecule has 34 heavy (non-hydrogen) atoms. The van der Waals surface area contributed by atoms with Gasteiger partial charge in [-0.05, 0) is 61.4 Å². The molecule has 0 fully saturated rings. The average Bonchev–Trinajstić information content (AvgIpc) is 3.47. The average molecular weight is 474 g/mol. The molecule has 2 aromatic heterocycles. The highest BCUT2D eigenvalue weighted by Crippen LogP contribution is 2.26. The van der Waals surface area contributed by atoms with Crippen molar-refractivity contribution < 1.29 is 12.9 Å². The summed E-state index contributed by atoms with van der Waals surface area (Å²) in [5, 5.41) is 12.5. The van der Waals surface area contributed by atoms with Crippen LogP contribution in [0, 0.1) is 6.92 Å². The summed E-state index contributed by atoms with van der Waals surface area (Å²) in [6, 6.07) is 19.8. The molecule has 0 radical (unpaired) electrons. The Kier molecular flexibility index (Phi) is 5.70. The summed E-state index contributed by atoms with van der Waals surface area (Å²) < 4.78 is 32.8. The fourth-order valence-corrected chi connectivity index (χ4v) is 5.09. The van der Waals surface area contributed by atoms with Gasteiger partial charge in [0.2, 0.25) is 5.82 Å². The second-order valence-corrected chi connectivity index (χ2v) is 10.2. The summed E-state index contributed by atoms with van der Waals surface area (Å²) in [4.78, 5) is 4.82. The third kappa shape index (κ3) is 4.34. The first-order chi connectivity index (χ1) is 16.4. The maximum atomic E-state index is 12.7. The second kappa shape index (κ2) is 8.83. The van der Waals surface area contributed by atoms with Crippen LogP contribution in [0.25, 0.3) is 33.9 Å². The van der Waals surface area contributed by atoms with E-state index in [4.69, 9.17) is 4.52 Å². The summed E-state index contributed by atoms with van der Waals surface area (Å²) in [5.41, 5.74) is 4.94. The van der Waals surface area contributed by atoms with Crippen molar-refractivity contribution in [3.63, 3.8) is 0 Å². The van der Waals surface area contributed by atoms with Crippen molar-refractivity contribution in [3.05, 3.63) is 77.9 Å². The van der Waals surface area contributed by atoms with Crippen molar-refractivity contribution in [2.45, 2.75) is 37.5 Å². The quantitative estimate of drug-likeness (QED) is 0.333. The predicted octanol–water partition coefficient (Wildman–Crippen LogP) is 4.84. The SMILES string of the molecule is CCCn1nnc2cc(-c3noc(-c4ccc(CS(=O)(=O)c5ccc(C)cc5)cc4)n3)ccc21. The third-order valence-electron chi connectivity index (χ3n) is 5.57. The Morgan fingerprint density at radius 2 is 1.68 bits per heavy atom. The molecular formula is C25H23N5O3S. The molecule has 2 heterocycles. The van der Waals surface area contributed by atoms with Crippen molar-refractivity contribution >= 4 is 20.9 Å². The van der Waals surface area contributed by atoms with E-state index in [0.717, 1.165) is 35.1 Å². The van der Waals surface area contributed by atoms with E-state index in [9.17, 15) is 8.42 Å². The molecule has 0 bridgehead atoms. The van der Waals surface area contributed by atoms with Crippen LogP contribution in [0.2, 0.25) is 0 Å². The first kappa shape index (κ1) is 22.0. The van der Waals surface area contributed by atoms with E-state index in [-0.39, 0.29) is 5.75 Å². The van der Waals surface area contributed by atoms with E-state index in [0.29, 0.717) is 27.7 Å². The molecule has 0 saturated heterocycles. The van der Waals surface area contributed by atoms with Crippen molar-refractivity contribution in [1.29, 1.82) is 0 Å². The van der Waals surface area contributed by atoms with Crippen molar-refractivity contribution in [2.24, 2.45) is 0 Å². The lowest BCUT2D eigenvalue weighted by molar-refractivity contribution is 0.432. The lowest BCUT2D eigenvalue weighted by Gasteiger charge is -2.05. The van der Waals surface area contributed by atoms with Gasteiger partial charge in [-0.2, -0.15) is 4.98 Å². The van der Waals surface area contributed by atoms with E-state index in [2.05, 4.69) is 27.4 Å². The van der Waals surface area contributed by atoms with Gasteiger partial charge in [-0.25, -0.2) is 13.1 Å². The number of aromatic nitrogens is 5. The zero-order valence-electron chi connectivity index (χ0n) is 18.8. The lowest BCUT2D eigenvalue weighted by Crippen LogP contribution is -2.04. The van der Waals surface area contributed by atoms with E-state index >= 15 is 0 Å². The predicted molar refractivity (Wildman–Crippen MR) is 129 cm³/mol. The molecule has 5 aromatic rings. The molecule has 172 valence electrons. The molecule has 3 aromatic carbocycles. The lowest BCUT2D eigenvalue weighted by atomic mass is 10.1. The van der Waals surface area contributed by atoms with Crippen LogP contribution in [0.5, 0.6) is 0 Å². The van der Waals surface area contributed by atoms with E-state index in [1.165, 1.54) is 0 Å². The number of hydrogen-bond acceptors (Lipinski definition) is 7. The highest BCUT2D eigenvalue weighted by molar-refractivity contribution is 7.90. The standard InChI is InChI=1S/C25H23N5O3S/c1-3-14-30-23-13-10-20(15-22(23)27-29-30)24-26-25(33-28-24)19-8-6-18(7-9-19)16-34(31,32)21-11-4-17(2)5-12-21/h4-13,15H,3,14,16H2,1-2H3. The van der Waals surface area contributed by atoms with Gasteiger partial charge in [0.15, 0.2) is 9.84 Å². The van der Waals surface area contributed by atoms with Crippen molar-refractivity contribution in [1.82, 2.24) is 25.1 Å². The summed E-state index contributed by atoms with van der Waals surface area (Å²) in [7, 11) is -3.42. The van der Waals surface area contributed by atoms with Gasteiger partial charge in [-0.3, -0.25) is 0 Å². The number of sulfone groups is 1. The molecule has 0 saturated carbocycles. The zero-order chi connectivity index (χ0) is 23.7. The van der Waals surface area contributed by atoms with Gasteiger partial charge in [0.25, 0.3) is 5.89 Å². The largest absolute Gasteiger partial charge is 0.334 e. The van der Waals surface area contributed by atoms with Crippen LogP contribution in [0.4, 0.5) is 0 Å². The van der Waals surface area contributed by atoms with Gasteiger partial charge in [0.05, 0.1) is 16.2 Å². The topological polar surface area (TPSA) is 104 Å². The van der Waals surface area contributed by atoms with Crippen LogP contribution in [0.15, 0.2) is 76.1 Å². The van der Waals surface area contributed by atoms with Crippen LogP contribution in [0.3, 0.4) is 0 Å². The number of benzene rings is 3. The molecule has 5 rings (SSSR count). The summed E-state index contributed by atoms with van der Waals surface area (Å²) in [6.45, 7) is 4.83. The Morgan fingerprint density at radius 1 is 0.941 bits per heavy atom. The van der Waals surface area contributed by atoms with Crippen LogP contribution in [-0.4, -0.2) is 33.6 Å². The first-order valence-corrected chi connectivity index (χ1v) is 12.6. The summed E-state index contributed by atoms with van der Waals surface area (Å²) >= 11 is 0. The second-order valence-electron chi connectivity index (χ2n) is 8.21. The Labute approximate surface area is 197 Å². The smallest absolute Gasteiger partial charge is 0.258 e. The van der Waals surface area contributed by atoms with Crippen molar-refractivity contribution in [3.8, 4) is 22.8 Å². The number of rotatable bonds is 7. The van der Waals surface area contributed by atoms with Crippen molar-refractivity contribution in [2.75, 3.05) is 0 Å². The third-order valence-corrected chi connectivity index (χ3v) is 7.27. The Balaban J connectivity index is 1.34. The molecule has 0 N–H and O–H groups in total. The van der Waals surface area contributed by atoms with Gasteiger partial charge >= 0.3 is 0 Å². The van der Waals surface area contributed by atoms with Crippen LogP contribution in [0.1, 0.15) is 24.5 Å². The van der Waals surface area contributed by atoms with Gasteiger partial charge < -0.3 is 4.52 Å². The number of fused-ring (bicyclic) bond motifs is 1. The molecule has 0 spiro atoms. The van der Waals surface area contributed by atoms with Crippen LogP contribution >= 0.6 is 0 Å². The Morgan fingerprint density at radius 3 is 2.41 bits per heavy atom. The number of nitrogens with zero attached hydrogens (tertiary/aromatic N) is 5. The van der Waals surface area contributed by atoms with Gasteiger partial charge in [0.1, 0.15) is 5.52 Å². The molecule has 9 heteroatoms. The molecular weight excluding hydrogens is 450 g/mol. The van der Waals surface area contributed by atoms with Gasteiger partial charge in [0, 0.05) is 17.7 Å². The summed E-state index contributed by atoms with van der Waals surface area (Å²) in [5.74, 6) is 0.732. The number of hydrogen-bond donors (Lipinski definition) is 0.